The van der Waals surface area contributed by atoms with E-state index in [1.807, 2.05) is 31.2 Å². The fourth-order valence-electron chi connectivity index (χ4n) is 3.54. The van der Waals surface area contributed by atoms with Crippen LogP contribution in [-0.2, 0) is 9.53 Å². The van der Waals surface area contributed by atoms with Crippen molar-refractivity contribution in [1.29, 1.82) is 0 Å². The number of carbonyl (C=O) groups excluding carboxylic acids is 1. The molecule has 0 aromatic heterocycles. The van der Waals surface area contributed by atoms with E-state index in [1.54, 1.807) is 0 Å². The summed E-state index contributed by atoms with van der Waals surface area (Å²) in [6, 6.07) is 7.53. The Labute approximate surface area is 158 Å². The van der Waals surface area contributed by atoms with Crippen molar-refractivity contribution in [2.75, 3.05) is 44.6 Å². The van der Waals surface area contributed by atoms with Crippen molar-refractivity contribution in [3.8, 4) is 0 Å². The second kappa shape index (κ2) is 9.12. The fourth-order valence-corrected chi connectivity index (χ4v) is 3.81. The molecule has 1 aromatic rings. The van der Waals surface area contributed by atoms with Crippen LogP contribution in [-0.4, -0.2) is 67.2 Å². The molecule has 2 fully saturated rings. The van der Waals surface area contributed by atoms with E-state index in [-0.39, 0.29) is 18.1 Å². The molecule has 2 aliphatic heterocycles. The van der Waals surface area contributed by atoms with Crippen molar-refractivity contribution >= 4 is 27.5 Å². The number of amides is 1. The number of ether oxygens (including phenoxy) is 1. The fraction of sp³-hybridized carbons (Fsp3) is 0.632. The molecule has 0 saturated carbocycles. The van der Waals surface area contributed by atoms with Crippen LogP contribution in [0.5, 0.6) is 0 Å². The highest BCUT2D eigenvalue weighted by Gasteiger charge is 2.30. The maximum absolute atomic E-state index is 12.5. The quantitative estimate of drug-likeness (QED) is 0.751. The van der Waals surface area contributed by atoms with Gasteiger partial charge in [-0.05, 0) is 63.5 Å². The van der Waals surface area contributed by atoms with Gasteiger partial charge in [0.05, 0.1) is 18.8 Å². The van der Waals surface area contributed by atoms with Gasteiger partial charge in [0.25, 0.3) is 0 Å². The molecule has 6 heteroatoms. The first-order valence-corrected chi connectivity index (χ1v) is 10.1. The van der Waals surface area contributed by atoms with Gasteiger partial charge in [0.1, 0.15) is 0 Å². The van der Waals surface area contributed by atoms with Gasteiger partial charge >= 0.3 is 0 Å². The second-order valence-corrected chi connectivity index (χ2v) is 7.91. The summed E-state index contributed by atoms with van der Waals surface area (Å²) in [6.45, 7) is 8.01. The average Bonchev–Trinajstić information content (AvgIpc) is 3.28. The Morgan fingerprint density at radius 2 is 2.00 bits per heavy atom. The summed E-state index contributed by atoms with van der Waals surface area (Å²) >= 11 is 3.41. The molecule has 2 atom stereocenters. The first-order chi connectivity index (χ1) is 12.1. The molecule has 0 aliphatic carbocycles. The van der Waals surface area contributed by atoms with Crippen LogP contribution in [0.25, 0.3) is 0 Å². The Kier molecular flexibility index (Phi) is 6.87. The average molecular weight is 410 g/mol. The smallest absolute Gasteiger partial charge is 0.241 e. The van der Waals surface area contributed by atoms with E-state index in [1.165, 1.54) is 25.9 Å². The standard InChI is InChI=1S/C19H28BrN3O2/c1-15(19(24)21-17-6-4-16(20)5-7-17)23-11-8-18(14-23)25-13-12-22-9-2-3-10-22/h4-7,15,18H,2-3,8-14H2,1H3,(H,21,24)/t15-,18+/m0/s1. The molecule has 5 nitrogen and oxygen atoms in total. The Balaban J connectivity index is 1.39. The van der Waals surface area contributed by atoms with Gasteiger partial charge in [-0.3, -0.25) is 9.69 Å². The first kappa shape index (κ1) is 18.8. The molecule has 1 amide bonds. The van der Waals surface area contributed by atoms with Crippen molar-refractivity contribution in [3.05, 3.63) is 28.7 Å². The number of nitrogens with one attached hydrogen (secondary N) is 1. The van der Waals surface area contributed by atoms with Gasteiger partial charge in [-0.15, -0.1) is 0 Å². The van der Waals surface area contributed by atoms with Crippen LogP contribution in [0.2, 0.25) is 0 Å². The highest BCUT2D eigenvalue weighted by Crippen LogP contribution is 2.18. The summed E-state index contributed by atoms with van der Waals surface area (Å²) in [7, 11) is 0. The number of nitrogens with zero attached hydrogens (tertiary/aromatic N) is 2. The molecular weight excluding hydrogens is 382 g/mol. The van der Waals surface area contributed by atoms with Crippen molar-refractivity contribution < 1.29 is 9.53 Å². The molecule has 3 rings (SSSR count). The second-order valence-electron chi connectivity index (χ2n) is 7.00. The van der Waals surface area contributed by atoms with Crippen molar-refractivity contribution in [1.82, 2.24) is 9.80 Å². The zero-order chi connectivity index (χ0) is 17.6. The zero-order valence-electron chi connectivity index (χ0n) is 14.9. The summed E-state index contributed by atoms with van der Waals surface area (Å²) in [6.07, 6.45) is 3.91. The van der Waals surface area contributed by atoms with Crippen molar-refractivity contribution in [2.45, 2.75) is 38.3 Å². The van der Waals surface area contributed by atoms with Gasteiger partial charge in [0.2, 0.25) is 5.91 Å². The molecule has 2 saturated heterocycles. The lowest BCUT2D eigenvalue weighted by molar-refractivity contribution is -0.120. The number of hydrogen-bond acceptors (Lipinski definition) is 4. The number of hydrogen-bond donors (Lipinski definition) is 1. The normalized spacial score (nSPS) is 23.0. The number of benzene rings is 1. The number of carbonyl (C=O) groups is 1. The van der Waals surface area contributed by atoms with Gasteiger partial charge in [0.15, 0.2) is 0 Å². The first-order valence-electron chi connectivity index (χ1n) is 9.26. The van der Waals surface area contributed by atoms with E-state index < -0.39 is 0 Å². The molecule has 0 spiro atoms. The molecule has 2 aliphatic rings. The lowest BCUT2D eigenvalue weighted by Gasteiger charge is -2.23. The summed E-state index contributed by atoms with van der Waals surface area (Å²) in [4.78, 5) is 17.2. The highest BCUT2D eigenvalue weighted by molar-refractivity contribution is 9.10. The third-order valence-electron chi connectivity index (χ3n) is 5.18. The van der Waals surface area contributed by atoms with Crippen molar-refractivity contribution in [3.63, 3.8) is 0 Å². The Bertz CT molecular complexity index is 560. The molecule has 1 aromatic carbocycles. The predicted octanol–water partition coefficient (Wildman–Crippen LogP) is 2.96. The van der Waals surface area contributed by atoms with Gasteiger partial charge in [-0.1, -0.05) is 15.9 Å². The number of anilines is 1. The monoisotopic (exact) mass is 409 g/mol. The molecule has 0 bridgehead atoms. The minimum Gasteiger partial charge on any atom is -0.376 e. The minimum absolute atomic E-state index is 0.0417. The largest absolute Gasteiger partial charge is 0.376 e. The number of halogens is 1. The maximum Gasteiger partial charge on any atom is 0.241 e. The lowest BCUT2D eigenvalue weighted by Crippen LogP contribution is -2.41. The molecule has 25 heavy (non-hydrogen) atoms. The summed E-state index contributed by atoms with van der Waals surface area (Å²) in [5.41, 5.74) is 0.831. The van der Waals surface area contributed by atoms with Gasteiger partial charge in [-0.2, -0.15) is 0 Å². The summed E-state index contributed by atoms with van der Waals surface area (Å²) in [5, 5.41) is 2.99. The van der Waals surface area contributed by atoms with Crippen LogP contribution in [0, 0.1) is 0 Å². The Hall–Kier alpha value is -0.950. The Morgan fingerprint density at radius 1 is 1.28 bits per heavy atom. The van der Waals surface area contributed by atoms with Crippen LogP contribution >= 0.6 is 15.9 Å². The van der Waals surface area contributed by atoms with Crippen LogP contribution in [0.3, 0.4) is 0 Å². The summed E-state index contributed by atoms with van der Waals surface area (Å²) < 4.78 is 7.04. The zero-order valence-corrected chi connectivity index (χ0v) is 16.5. The van der Waals surface area contributed by atoms with E-state index >= 15 is 0 Å². The molecule has 0 radical (unpaired) electrons. The molecular formula is C19H28BrN3O2. The maximum atomic E-state index is 12.5. The van der Waals surface area contributed by atoms with E-state index in [0.717, 1.165) is 42.8 Å². The van der Waals surface area contributed by atoms with Gasteiger partial charge < -0.3 is 15.0 Å². The number of rotatable bonds is 7. The highest BCUT2D eigenvalue weighted by atomic mass is 79.9. The lowest BCUT2D eigenvalue weighted by atomic mass is 10.2. The molecule has 1 N–H and O–H groups in total. The van der Waals surface area contributed by atoms with Crippen LogP contribution in [0.15, 0.2) is 28.7 Å². The van der Waals surface area contributed by atoms with Crippen LogP contribution in [0.1, 0.15) is 26.2 Å². The van der Waals surface area contributed by atoms with Crippen LogP contribution in [0.4, 0.5) is 5.69 Å². The van der Waals surface area contributed by atoms with Crippen molar-refractivity contribution in [2.24, 2.45) is 0 Å². The SMILES string of the molecule is C[C@@H](C(=O)Nc1ccc(Br)cc1)N1CC[C@@H](OCCN2CCCC2)C1. The Morgan fingerprint density at radius 3 is 2.72 bits per heavy atom. The molecule has 2 heterocycles. The van der Waals surface area contributed by atoms with Gasteiger partial charge in [0, 0.05) is 29.8 Å². The van der Waals surface area contributed by atoms with Crippen LogP contribution < -0.4 is 5.32 Å². The molecule has 138 valence electrons. The number of likely N-dealkylation sites (tertiary alicyclic amines) is 2. The third kappa shape index (κ3) is 5.51. The van der Waals surface area contributed by atoms with E-state index in [4.69, 9.17) is 4.74 Å². The van der Waals surface area contributed by atoms with E-state index in [9.17, 15) is 4.79 Å². The predicted molar refractivity (Wildman–Crippen MR) is 104 cm³/mol. The summed E-state index contributed by atoms with van der Waals surface area (Å²) in [5.74, 6) is 0.0417. The third-order valence-corrected chi connectivity index (χ3v) is 5.70. The van der Waals surface area contributed by atoms with E-state index in [2.05, 4.69) is 31.0 Å². The topological polar surface area (TPSA) is 44.8 Å². The van der Waals surface area contributed by atoms with E-state index in [0.29, 0.717) is 0 Å². The molecule has 0 unspecified atom stereocenters. The van der Waals surface area contributed by atoms with Gasteiger partial charge in [-0.25, -0.2) is 0 Å². The minimum atomic E-state index is -0.143.